The SMILES string of the molecule is O=C(Nc1nccs1)C1CCCN(S(=O)(=O)Cc2ccc(Cl)c(Cl)c2)C1. The van der Waals surface area contributed by atoms with Crippen molar-refractivity contribution in [3.63, 3.8) is 0 Å². The van der Waals surface area contributed by atoms with Gasteiger partial charge in [-0.2, -0.15) is 0 Å². The average molecular weight is 434 g/mol. The van der Waals surface area contributed by atoms with E-state index in [-0.39, 0.29) is 18.2 Å². The molecule has 1 atom stereocenters. The second-order valence-corrected chi connectivity index (χ2v) is 9.71. The predicted octanol–water partition coefficient (Wildman–Crippen LogP) is 3.63. The Morgan fingerprint density at radius 3 is 2.85 bits per heavy atom. The summed E-state index contributed by atoms with van der Waals surface area (Å²) in [6.45, 7) is 0.575. The van der Waals surface area contributed by atoms with E-state index < -0.39 is 15.9 Å². The number of anilines is 1. The first-order valence-corrected chi connectivity index (χ1v) is 11.2. The van der Waals surface area contributed by atoms with Crippen LogP contribution in [0.2, 0.25) is 10.0 Å². The first-order valence-electron chi connectivity index (χ1n) is 7.97. The second kappa shape index (κ2) is 8.22. The third kappa shape index (κ3) is 4.75. The Kier molecular flexibility index (Phi) is 6.19. The van der Waals surface area contributed by atoms with Gasteiger partial charge in [-0.3, -0.25) is 4.79 Å². The summed E-state index contributed by atoms with van der Waals surface area (Å²) in [6, 6.07) is 4.77. The minimum Gasteiger partial charge on any atom is -0.302 e. The molecule has 1 N–H and O–H groups in total. The zero-order chi connectivity index (χ0) is 18.7. The molecule has 26 heavy (non-hydrogen) atoms. The van der Waals surface area contributed by atoms with Crippen LogP contribution in [0.5, 0.6) is 0 Å². The zero-order valence-corrected chi connectivity index (χ0v) is 16.8. The number of carbonyl (C=O) groups excluding carboxylic acids is 1. The Morgan fingerprint density at radius 1 is 1.35 bits per heavy atom. The van der Waals surface area contributed by atoms with Crippen LogP contribution in [-0.4, -0.2) is 36.7 Å². The van der Waals surface area contributed by atoms with Gasteiger partial charge in [0.15, 0.2) is 5.13 Å². The number of carbonyl (C=O) groups is 1. The highest BCUT2D eigenvalue weighted by Gasteiger charge is 2.32. The molecule has 1 unspecified atom stereocenters. The lowest BCUT2D eigenvalue weighted by Gasteiger charge is -2.31. The fourth-order valence-electron chi connectivity index (χ4n) is 2.83. The molecule has 3 rings (SSSR count). The maximum absolute atomic E-state index is 12.7. The molecule has 1 aliphatic rings. The van der Waals surface area contributed by atoms with Crippen molar-refractivity contribution >= 4 is 55.6 Å². The fourth-order valence-corrected chi connectivity index (χ4v) is 5.28. The third-order valence-electron chi connectivity index (χ3n) is 4.14. The number of sulfonamides is 1. The van der Waals surface area contributed by atoms with Crippen molar-refractivity contribution < 1.29 is 13.2 Å². The Morgan fingerprint density at radius 2 is 2.15 bits per heavy atom. The molecular weight excluding hydrogens is 417 g/mol. The monoisotopic (exact) mass is 433 g/mol. The molecule has 0 radical (unpaired) electrons. The van der Waals surface area contributed by atoms with Crippen LogP contribution in [0.25, 0.3) is 0 Å². The molecule has 1 aliphatic heterocycles. The van der Waals surface area contributed by atoms with Crippen molar-refractivity contribution in [2.24, 2.45) is 5.92 Å². The van der Waals surface area contributed by atoms with Crippen LogP contribution in [0.4, 0.5) is 5.13 Å². The first kappa shape index (κ1) is 19.6. The summed E-state index contributed by atoms with van der Waals surface area (Å²) in [5.74, 6) is -0.768. The Hall–Kier alpha value is -1.19. The number of nitrogens with zero attached hydrogens (tertiary/aromatic N) is 2. The van der Waals surface area contributed by atoms with Crippen LogP contribution in [0, 0.1) is 5.92 Å². The molecule has 2 heterocycles. The van der Waals surface area contributed by atoms with Gasteiger partial charge < -0.3 is 5.32 Å². The molecule has 0 saturated carbocycles. The van der Waals surface area contributed by atoms with Crippen LogP contribution < -0.4 is 5.32 Å². The van der Waals surface area contributed by atoms with Crippen molar-refractivity contribution in [2.75, 3.05) is 18.4 Å². The van der Waals surface area contributed by atoms with Crippen molar-refractivity contribution in [2.45, 2.75) is 18.6 Å². The number of amides is 1. The smallest absolute Gasteiger partial charge is 0.230 e. The number of hydrogen-bond acceptors (Lipinski definition) is 5. The van der Waals surface area contributed by atoms with E-state index in [1.54, 1.807) is 29.8 Å². The Balaban J connectivity index is 1.67. The van der Waals surface area contributed by atoms with Crippen molar-refractivity contribution in [3.05, 3.63) is 45.4 Å². The molecule has 1 amide bonds. The molecule has 6 nitrogen and oxygen atoms in total. The number of benzene rings is 1. The van der Waals surface area contributed by atoms with Gasteiger partial charge >= 0.3 is 0 Å². The molecule has 1 fully saturated rings. The van der Waals surface area contributed by atoms with E-state index in [4.69, 9.17) is 23.2 Å². The minimum absolute atomic E-state index is 0.168. The van der Waals surface area contributed by atoms with Crippen LogP contribution in [0.1, 0.15) is 18.4 Å². The molecule has 1 saturated heterocycles. The van der Waals surface area contributed by atoms with Crippen LogP contribution in [-0.2, 0) is 20.6 Å². The van der Waals surface area contributed by atoms with Crippen LogP contribution in [0.3, 0.4) is 0 Å². The van der Waals surface area contributed by atoms with E-state index >= 15 is 0 Å². The topological polar surface area (TPSA) is 79.4 Å². The minimum atomic E-state index is -3.56. The molecule has 1 aromatic heterocycles. The first-order chi connectivity index (χ1) is 12.3. The molecule has 2 aromatic rings. The number of rotatable bonds is 5. The van der Waals surface area contributed by atoms with Crippen LogP contribution in [0.15, 0.2) is 29.8 Å². The summed E-state index contributed by atoms with van der Waals surface area (Å²) in [5, 5.41) is 5.73. The number of halogens is 2. The second-order valence-electron chi connectivity index (χ2n) is 6.03. The standard InChI is InChI=1S/C16H17Cl2N3O3S2/c17-13-4-3-11(8-14(13)18)10-26(23,24)21-6-1-2-12(9-21)15(22)20-16-19-5-7-25-16/h3-5,7-8,12H,1-2,6,9-10H2,(H,19,20,22). The van der Waals surface area contributed by atoms with Gasteiger partial charge in [0.25, 0.3) is 0 Å². The summed E-state index contributed by atoms with van der Waals surface area (Å²) in [5.41, 5.74) is 0.564. The van der Waals surface area contributed by atoms with Gasteiger partial charge in [0, 0.05) is 24.7 Å². The van der Waals surface area contributed by atoms with E-state index in [0.29, 0.717) is 40.1 Å². The Bertz CT molecular complexity index is 888. The summed E-state index contributed by atoms with van der Waals surface area (Å²) in [4.78, 5) is 16.4. The molecule has 140 valence electrons. The van der Waals surface area contributed by atoms with Gasteiger partial charge in [-0.05, 0) is 30.5 Å². The highest BCUT2D eigenvalue weighted by molar-refractivity contribution is 7.88. The third-order valence-corrected chi connectivity index (χ3v) is 7.39. The number of aromatic nitrogens is 1. The van der Waals surface area contributed by atoms with Crippen molar-refractivity contribution in [3.8, 4) is 0 Å². The van der Waals surface area contributed by atoms with Gasteiger partial charge in [0.05, 0.1) is 21.7 Å². The highest BCUT2D eigenvalue weighted by atomic mass is 35.5. The number of piperidine rings is 1. The molecule has 0 bridgehead atoms. The van der Waals surface area contributed by atoms with E-state index in [2.05, 4.69) is 10.3 Å². The lowest BCUT2D eigenvalue weighted by atomic mass is 9.99. The highest BCUT2D eigenvalue weighted by Crippen LogP contribution is 2.26. The maximum Gasteiger partial charge on any atom is 0.230 e. The van der Waals surface area contributed by atoms with Crippen molar-refractivity contribution in [1.29, 1.82) is 0 Å². The van der Waals surface area contributed by atoms with Gasteiger partial charge in [-0.25, -0.2) is 17.7 Å². The molecule has 1 aromatic carbocycles. The molecular formula is C16H17Cl2N3O3S2. The number of thiazole rings is 1. The van der Waals surface area contributed by atoms with Gasteiger partial charge in [-0.15, -0.1) is 11.3 Å². The predicted molar refractivity (Wildman–Crippen MR) is 104 cm³/mol. The summed E-state index contributed by atoms with van der Waals surface area (Å²) in [6.07, 6.45) is 2.89. The van der Waals surface area contributed by atoms with E-state index in [1.165, 1.54) is 15.6 Å². The molecule has 0 spiro atoms. The fraction of sp³-hybridized carbons (Fsp3) is 0.375. The van der Waals surface area contributed by atoms with Crippen LogP contribution >= 0.6 is 34.5 Å². The lowest BCUT2D eigenvalue weighted by Crippen LogP contribution is -2.44. The van der Waals surface area contributed by atoms with Gasteiger partial charge in [0.2, 0.25) is 15.9 Å². The van der Waals surface area contributed by atoms with E-state index in [0.717, 1.165) is 0 Å². The van der Waals surface area contributed by atoms with E-state index in [9.17, 15) is 13.2 Å². The number of nitrogens with one attached hydrogen (secondary N) is 1. The Labute approximate surface area is 166 Å². The number of hydrogen-bond donors (Lipinski definition) is 1. The molecule has 0 aliphatic carbocycles. The van der Waals surface area contributed by atoms with Gasteiger partial charge in [0.1, 0.15) is 0 Å². The summed E-state index contributed by atoms with van der Waals surface area (Å²) < 4.78 is 26.9. The lowest BCUT2D eigenvalue weighted by molar-refractivity contribution is -0.120. The summed E-state index contributed by atoms with van der Waals surface area (Å²) in [7, 11) is -3.56. The quantitative estimate of drug-likeness (QED) is 0.780. The normalized spacial score (nSPS) is 18.6. The average Bonchev–Trinajstić information content (AvgIpc) is 3.11. The van der Waals surface area contributed by atoms with Crippen molar-refractivity contribution in [1.82, 2.24) is 9.29 Å². The maximum atomic E-state index is 12.7. The van der Waals surface area contributed by atoms with E-state index in [1.807, 2.05) is 0 Å². The largest absolute Gasteiger partial charge is 0.302 e. The molecule has 10 heteroatoms. The summed E-state index contributed by atoms with van der Waals surface area (Å²) >= 11 is 13.2. The zero-order valence-electron chi connectivity index (χ0n) is 13.7. The van der Waals surface area contributed by atoms with Gasteiger partial charge in [-0.1, -0.05) is 29.3 Å².